The molecule has 1 aliphatic heterocycles. The van der Waals surface area contributed by atoms with Crippen molar-refractivity contribution in [2.24, 2.45) is 10.4 Å². The number of likely N-dealkylation sites (tertiary alicyclic amines) is 1. The van der Waals surface area contributed by atoms with Crippen LogP contribution in [0.1, 0.15) is 34.8 Å². The second-order valence-corrected chi connectivity index (χ2v) is 6.62. The van der Waals surface area contributed by atoms with Crippen LogP contribution in [0.3, 0.4) is 0 Å². The van der Waals surface area contributed by atoms with E-state index in [9.17, 15) is 9.59 Å². The Morgan fingerprint density at radius 2 is 2.12 bits per heavy atom. The lowest BCUT2D eigenvalue weighted by Crippen LogP contribution is -2.34. The summed E-state index contributed by atoms with van der Waals surface area (Å²) in [5.41, 5.74) is 3.20. The Balaban J connectivity index is 1.81. The van der Waals surface area contributed by atoms with Crippen LogP contribution in [0.15, 0.2) is 47.7 Å². The van der Waals surface area contributed by atoms with E-state index in [0.717, 1.165) is 29.7 Å². The highest BCUT2D eigenvalue weighted by Crippen LogP contribution is 2.45. The van der Waals surface area contributed by atoms with Crippen LogP contribution in [0.5, 0.6) is 0 Å². The van der Waals surface area contributed by atoms with E-state index in [1.165, 1.54) is 7.11 Å². The Hall–Kier alpha value is -2.69. The zero-order valence-electron chi connectivity index (χ0n) is 14.6. The van der Waals surface area contributed by atoms with Gasteiger partial charge in [0.15, 0.2) is 0 Å². The van der Waals surface area contributed by atoms with Crippen molar-refractivity contribution in [3.05, 3.63) is 59.4 Å². The Bertz CT molecular complexity index is 794. The molecule has 1 amide bonds. The highest BCUT2D eigenvalue weighted by molar-refractivity contribution is 5.91. The number of allylic oxidation sites excluding steroid dienone is 2. The lowest BCUT2D eigenvalue weighted by molar-refractivity contribution is -0.134. The molecule has 0 bridgehead atoms. The van der Waals surface area contributed by atoms with Crippen LogP contribution in [0.2, 0.25) is 0 Å². The van der Waals surface area contributed by atoms with Crippen LogP contribution < -0.4 is 0 Å². The molecule has 1 heterocycles. The molecular weight excluding hydrogens is 316 g/mol. The first kappa shape index (κ1) is 17.1. The molecule has 0 unspecified atom stereocenters. The summed E-state index contributed by atoms with van der Waals surface area (Å²) in [4.78, 5) is 30.7. The lowest BCUT2D eigenvalue weighted by Gasteiger charge is -2.22. The standard InChI is InChI=1S/C20H22N2O3/c1-4-8-21-13-14(2)22-9-7-20(19(22)24)11-16-6-5-15(18(23)25-3)10-17(16)12-20/h4-6,8,10,13H,1,7,9,11-12H2,2-3H3/b14-13+,21-8?/t20-/m1/s1. The number of rotatable bonds is 4. The van der Waals surface area contributed by atoms with Crippen molar-refractivity contribution in [3.63, 3.8) is 0 Å². The number of hydrogen-bond acceptors (Lipinski definition) is 4. The third-order valence-electron chi connectivity index (χ3n) is 5.08. The molecule has 2 aliphatic rings. The highest BCUT2D eigenvalue weighted by atomic mass is 16.5. The largest absolute Gasteiger partial charge is 0.465 e. The molecule has 1 aromatic carbocycles. The minimum absolute atomic E-state index is 0.144. The maximum absolute atomic E-state index is 13.1. The number of esters is 1. The van der Waals surface area contributed by atoms with E-state index in [1.807, 2.05) is 24.0 Å². The molecule has 1 aliphatic carbocycles. The van der Waals surface area contributed by atoms with E-state index in [2.05, 4.69) is 11.6 Å². The first-order chi connectivity index (χ1) is 12.0. The van der Waals surface area contributed by atoms with Crippen molar-refractivity contribution in [1.82, 2.24) is 4.90 Å². The van der Waals surface area contributed by atoms with Gasteiger partial charge < -0.3 is 9.64 Å². The van der Waals surface area contributed by atoms with E-state index < -0.39 is 5.41 Å². The molecule has 1 aromatic rings. The predicted molar refractivity (Wildman–Crippen MR) is 96.4 cm³/mol. The average Bonchev–Trinajstić information content (AvgIpc) is 3.14. The average molecular weight is 338 g/mol. The summed E-state index contributed by atoms with van der Waals surface area (Å²) in [6.07, 6.45) is 7.09. The molecule has 3 rings (SSSR count). The van der Waals surface area contributed by atoms with Crippen LogP contribution in [-0.2, 0) is 22.4 Å². The maximum atomic E-state index is 13.1. The number of ether oxygens (including phenoxy) is 1. The van der Waals surface area contributed by atoms with Crippen molar-refractivity contribution in [2.45, 2.75) is 26.2 Å². The molecular formula is C20H22N2O3. The molecule has 0 saturated carbocycles. The fourth-order valence-electron chi connectivity index (χ4n) is 3.77. The van der Waals surface area contributed by atoms with Crippen LogP contribution in [-0.4, -0.2) is 36.6 Å². The van der Waals surface area contributed by atoms with Crippen LogP contribution >= 0.6 is 0 Å². The number of nitrogens with zero attached hydrogens (tertiary/aromatic N) is 2. The number of methoxy groups -OCH3 is 1. The highest BCUT2D eigenvalue weighted by Gasteiger charge is 2.50. The Morgan fingerprint density at radius 3 is 2.84 bits per heavy atom. The van der Waals surface area contributed by atoms with Crippen molar-refractivity contribution >= 4 is 18.1 Å². The second kappa shape index (κ2) is 6.67. The van der Waals surface area contributed by atoms with Gasteiger partial charge in [-0.05, 0) is 49.4 Å². The third kappa shape index (κ3) is 3.02. The molecule has 1 atom stereocenters. The van der Waals surface area contributed by atoms with Gasteiger partial charge in [0.25, 0.3) is 0 Å². The summed E-state index contributed by atoms with van der Waals surface area (Å²) < 4.78 is 4.79. The topological polar surface area (TPSA) is 59.0 Å². The van der Waals surface area contributed by atoms with E-state index in [0.29, 0.717) is 18.5 Å². The monoisotopic (exact) mass is 338 g/mol. The molecule has 0 N–H and O–H groups in total. The summed E-state index contributed by atoms with van der Waals surface area (Å²) in [5.74, 6) is -0.201. The fourth-order valence-corrected chi connectivity index (χ4v) is 3.77. The van der Waals surface area contributed by atoms with Gasteiger partial charge in [0.05, 0.1) is 18.1 Å². The second-order valence-electron chi connectivity index (χ2n) is 6.62. The number of fused-ring (bicyclic) bond motifs is 1. The summed E-state index contributed by atoms with van der Waals surface area (Å²) in [6.45, 7) is 6.18. The van der Waals surface area contributed by atoms with Crippen LogP contribution in [0.25, 0.3) is 0 Å². The van der Waals surface area contributed by atoms with Crippen molar-refractivity contribution in [2.75, 3.05) is 13.7 Å². The molecule has 1 spiro atoms. The number of amides is 1. The summed E-state index contributed by atoms with van der Waals surface area (Å²) in [7, 11) is 1.37. The molecule has 1 fully saturated rings. The minimum Gasteiger partial charge on any atom is -0.465 e. The summed E-state index contributed by atoms with van der Waals surface area (Å²) >= 11 is 0. The molecule has 5 nitrogen and oxygen atoms in total. The summed E-state index contributed by atoms with van der Waals surface area (Å²) in [5, 5.41) is 0. The predicted octanol–water partition coefficient (Wildman–Crippen LogP) is 2.91. The molecule has 5 heteroatoms. The van der Waals surface area contributed by atoms with Crippen molar-refractivity contribution in [3.8, 4) is 0 Å². The van der Waals surface area contributed by atoms with Gasteiger partial charge in [0.2, 0.25) is 5.91 Å². The lowest BCUT2D eigenvalue weighted by atomic mass is 9.83. The van der Waals surface area contributed by atoms with Crippen LogP contribution in [0, 0.1) is 5.41 Å². The Labute approximate surface area is 147 Å². The number of aliphatic imine (C=N–C) groups is 1. The normalized spacial score (nSPS) is 22.7. The van der Waals surface area contributed by atoms with E-state index >= 15 is 0 Å². The van der Waals surface area contributed by atoms with Gasteiger partial charge >= 0.3 is 5.97 Å². The first-order valence-electron chi connectivity index (χ1n) is 8.34. The minimum atomic E-state index is -0.395. The molecule has 1 saturated heterocycles. The fraction of sp³-hybridized carbons (Fsp3) is 0.350. The van der Waals surface area contributed by atoms with Gasteiger partial charge in [-0.2, -0.15) is 0 Å². The molecule has 130 valence electrons. The van der Waals surface area contributed by atoms with Gasteiger partial charge in [-0.15, -0.1) is 0 Å². The van der Waals surface area contributed by atoms with E-state index in [1.54, 1.807) is 24.6 Å². The van der Waals surface area contributed by atoms with Gasteiger partial charge in [-0.3, -0.25) is 9.79 Å². The van der Waals surface area contributed by atoms with Gasteiger partial charge in [0, 0.05) is 24.7 Å². The van der Waals surface area contributed by atoms with Crippen LogP contribution in [0.4, 0.5) is 0 Å². The molecule has 0 radical (unpaired) electrons. The summed E-state index contributed by atoms with van der Waals surface area (Å²) in [6, 6.07) is 5.59. The molecule has 0 aromatic heterocycles. The van der Waals surface area contributed by atoms with Gasteiger partial charge in [0.1, 0.15) is 0 Å². The quantitative estimate of drug-likeness (QED) is 0.626. The van der Waals surface area contributed by atoms with E-state index in [-0.39, 0.29) is 11.9 Å². The van der Waals surface area contributed by atoms with E-state index in [4.69, 9.17) is 4.74 Å². The van der Waals surface area contributed by atoms with Crippen molar-refractivity contribution in [1.29, 1.82) is 0 Å². The SMILES string of the molecule is C=CC=N/C=C(\C)N1CC[C@]2(Cc3ccc(C(=O)OC)cc3C2)C1=O. The Kier molecular flexibility index (Phi) is 4.57. The van der Waals surface area contributed by atoms with Gasteiger partial charge in [-0.1, -0.05) is 18.7 Å². The first-order valence-corrected chi connectivity index (χ1v) is 8.34. The maximum Gasteiger partial charge on any atom is 0.337 e. The zero-order valence-corrected chi connectivity index (χ0v) is 14.6. The van der Waals surface area contributed by atoms with Gasteiger partial charge in [-0.25, -0.2) is 4.79 Å². The zero-order chi connectivity index (χ0) is 18.0. The molecule has 25 heavy (non-hydrogen) atoms. The number of benzene rings is 1. The number of carbonyl (C=O) groups excluding carboxylic acids is 2. The Morgan fingerprint density at radius 1 is 1.36 bits per heavy atom. The third-order valence-corrected chi connectivity index (χ3v) is 5.08. The number of carbonyl (C=O) groups is 2. The number of hydrogen-bond donors (Lipinski definition) is 0. The smallest absolute Gasteiger partial charge is 0.337 e. The van der Waals surface area contributed by atoms with Crippen molar-refractivity contribution < 1.29 is 14.3 Å².